The van der Waals surface area contributed by atoms with Crippen molar-refractivity contribution in [2.45, 2.75) is 45.1 Å². The van der Waals surface area contributed by atoms with Crippen molar-refractivity contribution in [2.75, 3.05) is 14.2 Å². The topological polar surface area (TPSA) is 65.1 Å². The fourth-order valence-corrected chi connectivity index (χ4v) is 5.84. The number of nitrogens with zero attached hydrogens (tertiary/aromatic N) is 1. The second-order valence-corrected chi connectivity index (χ2v) is 10.9. The first kappa shape index (κ1) is 30.8. The molecule has 1 fully saturated rings. The SMILES string of the molecule is COC(=O)c1ccc(-c2ccc(OC)c(-c3ccc(C(F)(F)F)cc3CN3C(=O)O[C@H](C4C=C(F)C=CC4)[C@@H]3C)c2)c(C)c1. The quantitative estimate of drug-likeness (QED) is 0.199. The van der Waals surface area contributed by atoms with Gasteiger partial charge in [0.2, 0.25) is 0 Å². The Bertz CT molecular complexity index is 1660. The highest BCUT2D eigenvalue weighted by Gasteiger charge is 2.43. The van der Waals surface area contributed by atoms with Gasteiger partial charge in [-0.2, -0.15) is 13.2 Å². The minimum Gasteiger partial charge on any atom is -0.496 e. The van der Waals surface area contributed by atoms with E-state index in [0.29, 0.717) is 28.9 Å². The number of cyclic esters (lactones) is 1. The first-order valence-corrected chi connectivity index (χ1v) is 14.0. The number of aryl methyl sites for hydroxylation is 1. The Labute approximate surface area is 252 Å². The van der Waals surface area contributed by atoms with Crippen LogP contribution in [0.1, 0.15) is 40.4 Å². The summed E-state index contributed by atoms with van der Waals surface area (Å²) in [7, 11) is 2.77. The Morgan fingerprint density at radius 1 is 1.02 bits per heavy atom. The lowest BCUT2D eigenvalue weighted by atomic mass is 9.89. The number of esters is 1. The van der Waals surface area contributed by atoms with E-state index < -0.39 is 47.7 Å². The zero-order valence-corrected chi connectivity index (χ0v) is 24.6. The summed E-state index contributed by atoms with van der Waals surface area (Å²) in [5, 5.41) is 0. The summed E-state index contributed by atoms with van der Waals surface area (Å²) in [6.07, 6.45) is -1.07. The van der Waals surface area contributed by atoms with Gasteiger partial charge in [-0.3, -0.25) is 4.90 Å². The molecular weight excluding hydrogens is 578 g/mol. The van der Waals surface area contributed by atoms with Gasteiger partial charge >= 0.3 is 18.2 Å². The number of benzene rings is 3. The van der Waals surface area contributed by atoms with E-state index in [1.807, 2.05) is 19.1 Å². The van der Waals surface area contributed by atoms with Gasteiger partial charge in [-0.1, -0.05) is 24.3 Å². The molecule has 2 aliphatic rings. The summed E-state index contributed by atoms with van der Waals surface area (Å²) in [5.41, 5.74) is 3.06. The number of amides is 1. The van der Waals surface area contributed by atoms with Crippen molar-refractivity contribution >= 4 is 12.1 Å². The van der Waals surface area contributed by atoms with Crippen LogP contribution in [0.3, 0.4) is 0 Å². The minimum absolute atomic E-state index is 0.176. The molecule has 0 N–H and O–H groups in total. The first-order chi connectivity index (χ1) is 20.9. The summed E-state index contributed by atoms with van der Waals surface area (Å²) in [6, 6.07) is 13.3. The number of alkyl halides is 3. The highest BCUT2D eigenvalue weighted by atomic mass is 19.4. The van der Waals surface area contributed by atoms with Crippen LogP contribution >= 0.6 is 0 Å². The number of allylic oxidation sites excluding steroid dienone is 3. The standard InChI is InChI=1S/C34H31F4NO5/c1-19-14-23(32(40)43-4)8-11-27(19)21-9-13-30(42-3)29(17-21)28-12-10-25(34(36,37)38)15-24(28)18-39-20(2)31(44-33(39)41)22-6-5-7-26(35)16-22/h5,7-17,20,22,31H,6,18H2,1-4H3/t20-,22?,31-/m0/s1. The maximum Gasteiger partial charge on any atom is 0.416 e. The van der Waals surface area contributed by atoms with Gasteiger partial charge in [-0.05, 0) is 96.6 Å². The highest BCUT2D eigenvalue weighted by Crippen LogP contribution is 2.41. The molecule has 0 radical (unpaired) electrons. The molecular formula is C34H31F4NO5. The van der Waals surface area contributed by atoms with E-state index in [4.69, 9.17) is 14.2 Å². The van der Waals surface area contributed by atoms with Crippen molar-refractivity contribution in [1.29, 1.82) is 0 Å². The van der Waals surface area contributed by atoms with Crippen LogP contribution in [0.4, 0.5) is 22.4 Å². The molecule has 6 nitrogen and oxygen atoms in total. The maximum absolute atomic E-state index is 14.0. The number of hydrogen-bond donors (Lipinski definition) is 0. The van der Waals surface area contributed by atoms with Crippen LogP contribution in [0.15, 0.2) is 78.7 Å². The first-order valence-electron chi connectivity index (χ1n) is 14.0. The summed E-state index contributed by atoms with van der Waals surface area (Å²) in [4.78, 5) is 26.4. The van der Waals surface area contributed by atoms with Crippen molar-refractivity contribution < 1.29 is 41.4 Å². The van der Waals surface area contributed by atoms with E-state index in [9.17, 15) is 27.2 Å². The van der Waals surface area contributed by atoms with Gasteiger partial charge in [-0.15, -0.1) is 0 Å². The number of carbonyl (C=O) groups is 2. The predicted molar refractivity (Wildman–Crippen MR) is 157 cm³/mol. The lowest BCUT2D eigenvalue weighted by Gasteiger charge is -2.26. The third kappa shape index (κ3) is 6.06. The molecule has 1 amide bonds. The fourth-order valence-electron chi connectivity index (χ4n) is 5.84. The highest BCUT2D eigenvalue weighted by molar-refractivity contribution is 5.91. The molecule has 1 aliphatic heterocycles. The molecule has 44 heavy (non-hydrogen) atoms. The van der Waals surface area contributed by atoms with Crippen molar-refractivity contribution in [3.8, 4) is 28.0 Å². The van der Waals surface area contributed by atoms with Gasteiger partial charge in [0, 0.05) is 11.5 Å². The van der Waals surface area contributed by atoms with Crippen LogP contribution in [-0.2, 0) is 22.2 Å². The van der Waals surface area contributed by atoms with Gasteiger partial charge in [-0.25, -0.2) is 14.0 Å². The molecule has 230 valence electrons. The number of halogens is 4. The molecule has 3 aromatic carbocycles. The third-order valence-electron chi connectivity index (χ3n) is 8.14. The Morgan fingerprint density at radius 3 is 2.43 bits per heavy atom. The van der Waals surface area contributed by atoms with Gasteiger partial charge in [0.05, 0.1) is 37.9 Å². The average Bonchev–Trinajstić information content (AvgIpc) is 3.28. The third-order valence-corrected chi connectivity index (χ3v) is 8.14. The Kier molecular flexibility index (Phi) is 8.54. The van der Waals surface area contributed by atoms with Gasteiger partial charge < -0.3 is 14.2 Å². The number of methoxy groups -OCH3 is 2. The normalized spacial score (nSPS) is 19.9. The van der Waals surface area contributed by atoms with Crippen LogP contribution in [0, 0.1) is 12.8 Å². The molecule has 0 aromatic heterocycles. The second-order valence-electron chi connectivity index (χ2n) is 10.9. The molecule has 10 heteroatoms. The molecule has 1 heterocycles. The van der Waals surface area contributed by atoms with E-state index in [0.717, 1.165) is 28.8 Å². The minimum atomic E-state index is -4.62. The van der Waals surface area contributed by atoms with Crippen LogP contribution in [0.5, 0.6) is 5.75 Å². The maximum atomic E-state index is 14.0. The molecule has 1 unspecified atom stereocenters. The Morgan fingerprint density at radius 2 is 1.77 bits per heavy atom. The zero-order valence-electron chi connectivity index (χ0n) is 24.6. The molecule has 3 aromatic rings. The van der Waals surface area contributed by atoms with Crippen molar-refractivity contribution in [3.05, 3.63) is 101 Å². The van der Waals surface area contributed by atoms with Gasteiger partial charge in [0.25, 0.3) is 0 Å². The summed E-state index contributed by atoms with van der Waals surface area (Å²) in [6.45, 7) is 3.41. The molecule has 5 rings (SSSR count). The van der Waals surface area contributed by atoms with E-state index in [2.05, 4.69) is 0 Å². The Hall–Kier alpha value is -4.60. The molecule has 3 atom stereocenters. The van der Waals surface area contributed by atoms with Crippen LogP contribution in [0.25, 0.3) is 22.3 Å². The lowest BCUT2D eigenvalue weighted by Crippen LogP contribution is -2.36. The number of hydrogen-bond acceptors (Lipinski definition) is 5. The van der Waals surface area contributed by atoms with E-state index in [-0.39, 0.29) is 12.1 Å². The predicted octanol–water partition coefficient (Wildman–Crippen LogP) is 8.28. The van der Waals surface area contributed by atoms with E-state index >= 15 is 0 Å². The van der Waals surface area contributed by atoms with E-state index in [1.165, 1.54) is 37.3 Å². The van der Waals surface area contributed by atoms with Gasteiger partial charge in [0.15, 0.2) is 0 Å². The summed E-state index contributed by atoms with van der Waals surface area (Å²) in [5.74, 6) is -0.869. The zero-order chi connectivity index (χ0) is 31.8. The molecule has 1 aliphatic carbocycles. The largest absolute Gasteiger partial charge is 0.496 e. The number of ether oxygens (including phenoxy) is 3. The van der Waals surface area contributed by atoms with Crippen molar-refractivity contribution in [3.63, 3.8) is 0 Å². The Balaban J connectivity index is 1.56. The average molecular weight is 610 g/mol. The second kappa shape index (κ2) is 12.2. The summed E-state index contributed by atoms with van der Waals surface area (Å²) >= 11 is 0. The van der Waals surface area contributed by atoms with Crippen LogP contribution in [-0.4, -0.2) is 43.3 Å². The fraction of sp³-hybridized carbons (Fsp3) is 0.294. The van der Waals surface area contributed by atoms with E-state index in [1.54, 1.807) is 37.3 Å². The monoisotopic (exact) mass is 609 g/mol. The molecule has 0 spiro atoms. The number of carbonyl (C=O) groups excluding carboxylic acids is 2. The molecule has 0 bridgehead atoms. The number of rotatable bonds is 7. The molecule has 1 saturated heterocycles. The van der Waals surface area contributed by atoms with Crippen LogP contribution < -0.4 is 4.74 Å². The molecule has 0 saturated carbocycles. The van der Waals surface area contributed by atoms with Crippen molar-refractivity contribution in [1.82, 2.24) is 4.90 Å². The van der Waals surface area contributed by atoms with Gasteiger partial charge in [0.1, 0.15) is 17.7 Å². The smallest absolute Gasteiger partial charge is 0.416 e. The lowest BCUT2D eigenvalue weighted by molar-refractivity contribution is -0.137. The summed E-state index contributed by atoms with van der Waals surface area (Å²) < 4.78 is 71.7. The van der Waals surface area contributed by atoms with Crippen molar-refractivity contribution in [2.24, 2.45) is 5.92 Å². The van der Waals surface area contributed by atoms with Crippen LogP contribution in [0.2, 0.25) is 0 Å².